The molecule has 0 bridgehead atoms. The van der Waals surface area contributed by atoms with Crippen LogP contribution in [-0.2, 0) is 6.54 Å². The van der Waals surface area contributed by atoms with Gasteiger partial charge in [0.2, 0.25) is 0 Å². The van der Waals surface area contributed by atoms with Crippen LogP contribution in [0.1, 0.15) is 30.3 Å². The summed E-state index contributed by atoms with van der Waals surface area (Å²) in [5.74, 6) is 2.46. The van der Waals surface area contributed by atoms with Gasteiger partial charge in [0, 0.05) is 24.0 Å². The zero-order chi connectivity index (χ0) is 17.6. The Bertz CT molecular complexity index is 797. The molecule has 3 rings (SSSR count). The maximum atomic E-state index is 10.3. The lowest BCUT2D eigenvalue weighted by atomic mass is 10.0. The average Bonchev–Trinajstić information content (AvgIpc) is 3.02. The molecule has 2 aromatic carbocycles. The van der Waals surface area contributed by atoms with Crippen LogP contribution in [0, 0.1) is 6.92 Å². The number of aliphatic hydroxyl groups is 1. The second-order valence-electron chi connectivity index (χ2n) is 5.95. The third-order valence-corrected chi connectivity index (χ3v) is 4.37. The Hall–Kier alpha value is -2.30. The van der Waals surface area contributed by atoms with E-state index >= 15 is 0 Å². The first-order valence-electron chi connectivity index (χ1n) is 8.31. The molecule has 3 aromatic rings. The van der Waals surface area contributed by atoms with Crippen LogP contribution in [-0.4, -0.2) is 14.7 Å². The molecule has 0 radical (unpaired) electrons. The minimum absolute atomic E-state index is 0.478. The standard InChI is InChI=1S/C20H21ClN2O2/c1-15-22-12-14-23(15)13-2-3-20(24)16-4-8-18(9-5-16)25-19-10-6-17(21)7-11-19/h4-12,14,20,24H,2-3,13H2,1H3. The maximum Gasteiger partial charge on any atom is 0.127 e. The fraction of sp³-hybridized carbons (Fsp3) is 0.250. The van der Waals surface area contributed by atoms with Gasteiger partial charge in [-0.05, 0) is 61.7 Å². The normalized spacial score (nSPS) is 12.1. The number of hydrogen-bond acceptors (Lipinski definition) is 3. The topological polar surface area (TPSA) is 47.3 Å². The van der Waals surface area contributed by atoms with Gasteiger partial charge < -0.3 is 14.4 Å². The van der Waals surface area contributed by atoms with Crippen LogP contribution in [0.4, 0.5) is 0 Å². The lowest BCUT2D eigenvalue weighted by molar-refractivity contribution is 0.162. The van der Waals surface area contributed by atoms with Gasteiger partial charge >= 0.3 is 0 Å². The molecule has 0 aliphatic rings. The molecule has 0 fully saturated rings. The van der Waals surface area contributed by atoms with Crippen molar-refractivity contribution in [1.82, 2.24) is 9.55 Å². The van der Waals surface area contributed by atoms with Gasteiger partial charge in [-0.2, -0.15) is 0 Å². The highest BCUT2D eigenvalue weighted by molar-refractivity contribution is 6.30. The number of aryl methyl sites for hydroxylation is 2. The van der Waals surface area contributed by atoms with Gasteiger partial charge in [0.15, 0.2) is 0 Å². The van der Waals surface area contributed by atoms with Crippen molar-refractivity contribution in [3.05, 3.63) is 77.3 Å². The van der Waals surface area contributed by atoms with Gasteiger partial charge in [-0.1, -0.05) is 23.7 Å². The highest BCUT2D eigenvalue weighted by Crippen LogP contribution is 2.26. The summed E-state index contributed by atoms with van der Waals surface area (Å²) in [5.41, 5.74) is 0.894. The third-order valence-electron chi connectivity index (χ3n) is 4.11. The Kier molecular flexibility index (Phi) is 5.74. The molecular weight excluding hydrogens is 336 g/mol. The summed E-state index contributed by atoms with van der Waals surface area (Å²) >= 11 is 5.86. The zero-order valence-corrected chi connectivity index (χ0v) is 14.9. The average molecular weight is 357 g/mol. The van der Waals surface area contributed by atoms with Gasteiger partial charge in [0.25, 0.3) is 0 Å². The molecule has 1 unspecified atom stereocenters. The van der Waals surface area contributed by atoms with E-state index in [9.17, 15) is 5.11 Å². The first kappa shape index (κ1) is 17.5. The van der Waals surface area contributed by atoms with Crippen LogP contribution >= 0.6 is 11.6 Å². The minimum atomic E-state index is -0.478. The molecule has 0 saturated carbocycles. The summed E-state index contributed by atoms with van der Waals surface area (Å²) in [4.78, 5) is 4.20. The zero-order valence-electron chi connectivity index (χ0n) is 14.1. The van der Waals surface area contributed by atoms with Gasteiger partial charge in [-0.25, -0.2) is 4.98 Å². The number of benzene rings is 2. The summed E-state index contributed by atoms with van der Waals surface area (Å²) < 4.78 is 7.85. The molecule has 1 aromatic heterocycles. The summed E-state index contributed by atoms with van der Waals surface area (Å²) in [6.45, 7) is 2.84. The fourth-order valence-electron chi connectivity index (χ4n) is 2.66. The molecule has 4 nitrogen and oxygen atoms in total. The van der Waals surface area contributed by atoms with E-state index in [4.69, 9.17) is 16.3 Å². The first-order valence-corrected chi connectivity index (χ1v) is 8.69. The number of hydrogen-bond donors (Lipinski definition) is 1. The van der Waals surface area contributed by atoms with Crippen molar-refractivity contribution in [3.8, 4) is 11.5 Å². The molecule has 0 spiro atoms. The van der Waals surface area contributed by atoms with E-state index in [0.29, 0.717) is 11.4 Å². The molecule has 5 heteroatoms. The summed E-state index contributed by atoms with van der Waals surface area (Å²) in [5, 5.41) is 11.0. The van der Waals surface area contributed by atoms with Crippen molar-refractivity contribution in [2.24, 2.45) is 0 Å². The van der Waals surface area contributed by atoms with Crippen molar-refractivity contribution < 1.29 is 9.84 Å². The van der Waals surface area contributed by atoms with Gasteiger partial charge in [0.1, 0.15) is 17.3 Å². The summed E-state index contributed by atoms with van der Waals surface area (Å²) in [6, 6.07) is 14.8. The SMILES string of the molecule is Cc1nccn1CCCC(O)c1ccc(Oc2ccc(Cl)cc2)cc1. The molecule has 1 heterocycles. The minimum Gasteiger partial charge on any atom is -0.457 e. The predicted octanol–water partition coefficient (Wildman–Crippen LogP) is 5.15. The van der Waals surface area contributed by atoms with E-state index in [1.54, 1.807) is 18.3 Å². The maximum absolute atomic E-state index is 10.3. The largest absolute Gasteiger partial charge is 0.457 e. The smallest absolute Gasteiger partial charge is 0.127 e. The quantitative estimate of drug-likeness (QED) is 0.636. The number of nitrogens with zero attached hydrogens (tertiary/aromatic N) is 2. The Labute approximate surface area is 152 Å². The number of imidazole rings is 1. The molecule has 0 aliphatic carbocycles. The van der Waals surface area contributed by atoms with Gasteiger partial charge in [-0.15, -0.1) is 0 Å². The Morgan fingerprint density at radius 2 is 1.72 bits per heavy atom. The van der Waals surface area contributed by atoms with Crippen molar-refractivity contribution in [1.29, 1.82) is 0 Å². The van der Waals surface area contributed by atoms with E-state index in [1.165, 1.54) is 0 Å². The Morgan fingerprint density at radius 1 is 1.08 bits per heavy atom. The van der Waals surface area contributed by atoms with Crippen molar-refractivity contribution in [3.63, 3.8) is 0 Å². The van der Waals surface area contributed by atoms with E-state index < -0.39 is 6.10 Å². The fourth-order valence-corrected chi connectivity index (χ4v) is 2.78. The molecule has 25 heavy (non-hydrogen) atoms. The van der Waals surface area contributed by atoms with Crippen molar-refractivity contribution in [2.45, 2.75) is 32.4 Å². The highest BCUT2D eigenvalue weighted by atomic mass is 35.5. The summed E-state index contributed by atoms with van der Waals surface area (Å²) in [7, 11) is 0. The first-order chi connectivity index (χ1) is 12.1. The summed E-state index contributed by atoms with van der Waals surface area (Å²) in [6.07, 6.45) is 4.88. The Morgan fingerprint density at radius 3 is 2.32 bits per heavy atom. The second-order valence-corrected chi connectivity index (χ2v) is 6.39. The number of aliphatic hydroxyl groups excluding tert-OH is 1. The van der Waals surface area contributed by atoms with Crippen LogP contribution in [0.25, 0.3) is 0 Å². The molecule has 1 N–H and O–H groups in total. The lowest BCUT2D eigenvalue weighted by Crippen LogP contribution is -2.03. The number of halogens is 1. The van der Waals surface area contributed by atoms with Crippen molar-refractivity contribution in [2.75, 3.05) is 0 Å². The van der Waals surface area contributed by atoms with E-state index in [2.05, 4.69) is 9.55 Å². The van der Waals surface area contributed by atoms with E-state index in [1.807, 2.05) is 49.5 Å². The molecular formula is C20H21ClN2O2. The van der Waals surface area contributed by atoms with Crippen LogP contribution in [0.2, 0.25) is 5.02 Å². The highest BCUT2D eigenvalue weighted by Gasteiger charge is 2.08. The monoisotopic (exact) mass is 356 g/mol. The predicted molar refractivity (Wildman–Crippen MR) is 99.1 cm³/mol. The number of aromatic nitrogens is 2. The number of rotatable bonds is 7. The van der Waals surface area contributed by atoms with Gasteiger partial charge in [0.05, 0.1) is 6.10 Å². The van der Waals surface area contributed by atoms with Crippen LogP contribution in [0.3, 0.4) is 0 Å². The molecule has 1 atom stereocenters. The van der Waals surface area contributed by atoms with Crippen molar-refractivity contribution >= 4 is 11.6 Å². The Balaban J connectivity index is 1.52. The van der Waals surface area contributed by atoms with E-state index in [0.717, 1.165) is 35.9 Å². The van der Waals surface area contributed by atoms with Crippen LogP contribution < -0.4 is 4.74 Å². The van der Waals surface area contributed by atoms with Crippen LogP contribution in [0.15, 0.2) is 60.9 Å². The van der Waals surface area contributed by atoms with E-state index in [-0.39, 0.29) is 0 Å². The van der Waals surface area contributed by atoms with Crippen LogP contribution in [0.5, 0.6) is 11.5 Å². The molecule has 0 amide bonds. The molecule has 130 valence electrons. The lowest BCUT2D eigenvalue weighted by Gasteiger charge is -2.13. The molecule has 0 aliphatic heterocycles. The third kappa shape index (κ3) is 4.84. The molecule has 0 saturated heterocycles. The number of ether oxygens (including phenoxy) is 1. The second kappa shape index (κ2) is 8.19. The van der Waals surface area contributed by atoms with Gasteiger partial charge in [-0.3, -0.25) is 0 Å².